The zero-order valence-electron chi connectivity index (χ0n) is 18.0. The molecule has 12 nitrogen and oxygen atoms in total. The van der Waals surface area contributed by atoms with Crippen molar-refractivity contribution in [3.63, 3.8) is 0 Å². The Hall–Kier alpha value is -4.69. The van der Waals surface area contributed by atoms with Gasteiger partial charge >= 0.3 is 6.18 Å². The molecule has 0 aromatic carbocycles. The van der Waals surface area contributed by atoms with Gasteiger partial charge in [-0.1, -0.05) is 11.2 Å². The van der Waals surface area contributed by atoms with Crippen LogP contribution in [0.25, 0.3) is 23.0 Å². The third kappa shape index (κ3) is 4.83. The summed E-state index contributed by atoms with van der Waals surface area (Å²) in [5.41, 5.74) is 1.38. The van der Waals surface area contributed by atoms with Crippen molar-refractivity contribution >= 4 is 0 Å². The molecule has 0 saturated carbocycles. The molecule has 0 bridgehead atoms. The van der Waals surface area contributed by atoms with Crippen LogP contribution in [0.1, 0.15) is 17.0 Å². The van der Waals surface area contributed by atoms with Crippen molar-refractivity contribution in [1.29, 1.82) is 0 Å². The monoisotopic (exact) mass is 484 g/mol. The number of pyridine rings is 2. The molecular formula is C20H15F3N10O2. The Labute approximate surface area is 194 Å². The van der Waals surface area contributed by atoms with Crippen molar-refractivity contribution in [2.75, 3.05) is 0 Å². The zero-order valence-corrected chi connectivity index (χ0v) is 18.0. The van der Waals surface area contributed by atoms with E-state index < -0.39 is 11.7 Å². The first-order chi connectivity index (χ1) is 16.9. The van der Waals surface area contributed by atoms with Gasteiger partial charge in [0.1, 0.15) is 18.6 Å². The smallest absolute Gasteiger partial charge is 0.417 e. The van der Waals surface area contributed by atoms with Crippen molar-refractivity contribution in [2.24, 2.45) is 7.05 Å². The fourth-order valence-electron chi connectivity index (χ4n) is 3.14. The maximum atomic E-state index is 12.7. The summed E-state index contributed by atoms with van der Waals surface area (Å²) in [6.07, 6.45) is -0.757. The molecule has 5 heterocycles. The first-order valence-corrected chi connectivity index (χ1v) is 10.0. The first kappa shape index (κ1) is 22.1. The zero-order chi connectivity index (χ0) is 24.4. The molecule has 0 saturated heterocycles. The third-order valence-electron chi connectivity index (χ3n) is 4.89. The predicted octanol–water partition coefficient (Wildman–Crippen LogP) is 2.56. The Morgan fingerprint density at radius 3 is 2.71 bits per heavy atom. The van der Waals surface area contributed by atoms with Gasteiger partial charge in [-0.15, -0.1) is 5.10 Å². The molecule has 5 rings (SSSR count). The normalized spacial score (nSPS) is 11.7. The van der Waals surface area contributed by atoms with E-state index in [2.05, 4.69) is 40.7 Å². The van der Waals surface area contributed by atoms with Gasteiger partial charge in [0.2, 0.25) is 11.7 Å². The van der Waals surface area contributed by atoms with Gasteiger partial charge in [-0.05, 0) is 28.6 Å². The van der Waals surface area contributed by atoms with E-state index in [4.69, 9.17) is 9.26 Å². The highest BCUT2D eigenvalue weighted by molar-refractivity contribution is 5.59. The molecule has 35 heavy (non-hydrogen) atoms. The lowest BCUT2D eigenvalue weighted by molar-refractivity contribution is -0.137. The summed E-state index contributed by atoms with van der Waals surface area (Å²) in [4.78, 5) is 12.6. The summed E-state index contributed by atoms with van der Waals surface area (Å²) in [7, 11) is 1.68. The van der Waals surface area contributed by atoms with Crippen LogP contribution in [0.2, 0.25) is 0 Å². The van der Waals surface area contributed by atoms with E-state index in [1.165, 1.54) is 21.9 Å². The molecule has 5 aromatic rings. The van der Waals surface area contributed by atoms with Crippen LogP contribution in [-0.4, -0.2) is 50.1 Å². The summed E-state index contributed by atoms with van der Waals surface area (Å²) in [5, 5.41) is 19.2. The van der Waals surface area contributed by atoms with Crippen LogP contribution in [-0.2, 0) is 26.4 Å². The van der Waals surface area contributed by atoms with Gasteiger partial charge in [0.25, 0.3) is 5.89 Å². The average molecular weight is 484 g/mol. The Kier molecular flexibility index (Phi) is 5.64. The number of ether oxygens (including phenoxy) is 1. The van der Waals surface area contributed by atoms with Crippen LogP contribution in [0.5, 0.6) is 5.88 Å². The maximum Gasteiger partial charge on any atom is 0.417 e. The highest BCUT2D eigenvalue weighted by atomic mass is 19.4. The Morgan fingerprint density at radius 1 is 1.09 bits per heavy atom. The van der Waals surface area contributed by atoms with Gasteiger partial charge in [0, 0.05) is 19.3 Å². The number of hydrogen-bond acceptors (Lipinski definition) is 10. The molecule has 0 fully saturated rings. The second-order valence-corrected chi connectivity index (χ2v) is 7.24. The summed E-state index contributed by atoms with van der Waals surface area (Å²) in [6.45, 7) is 0.329. The van der Waals surface area contributed by atoms with Crippen LogP contribution < -0.4 is 4.74 Å². The number of tetrazole rings is 1. The topological polar surface area (TPSA) is 135 Å². The second-order valence-electron chi connectivity index (χ2n) is 7.24. The van der Waals surface area contributed by atoms with Crippen LogP contribution in [0.3, 0.4) is 0 Å². The molecule has 5 aromatic heterocycles. The highest BCUT2D eigenvalue weighted by Crippen LogP contribution is 2.30. The Balaban J connectivity index is 1.33. The second kappa shape index (κ2) is 8.92. The van der Waals surface area contributed by atoms with Gasteiger partial charge in [-0.2, -0.15) is 23.3 Å². The lowest BCUT2D eigenvalue weighted by atomic mass is 10.2. The first-order valence-electron chi connectivity index (χ1n) is 10.0. The van der Waals surface area contributed by atoms with Crippen molar-refractivity contribution in [2.45, 2.75) is 19.3 Å². The van der Waals surface area contributed by atoms with Gasteiger partial charge in [0.05, 0.1) is 35.3 Å². The van der Waals surface area contributed by atoms with E-state index in [-0.39, 0.29) is 24.2 Å². The lowest BCUT2D eigenvalue weighted by Crippen LogP contribution is -2.07. The molecule has 0 unspecified atom stereocenters. The molecule has 0 aliphatic rings. The van der Waals surface area contributed by atoms with Gasteiger partial charge < -0.3 is 9.26 Å². The minimum Gasteiger partial charge on any atom is -0.471 e. The molecule has 0 radical (unpaired) electrons. The average Bonchev–Trinajstić information content (AvgIpc) is 3.59. The molecule has 0 aliphatic heterocycles. The molecular weight excluding hydrogens is 469 g/mol. The molecule has 178 valence electrons. The van der Waals surface area contributed by atoms with E-state index in [1.54, 1.807) is 19.2 Å². The van der Waals surface area contributed by atoms with Crippen molar-refractivity contribution in [1.82, 2.24) is 50.1 Å². The van der Waals surface area contributed by atoms with Crippen molar-refractivity contribution in [3.8, 4) is 28.9 Å². The van der Waals surface area contributed by atoms with Crippen molar-refractivity contribution < 1.29 is 22.4 Å². The van der Waals surface area contributed by atoms with E-state index in [1.807, 2.05) is 6.07 Å². The van der Waals surface area contributed by atoms with E-state index in [9.17, 15) is 13.2 Å². The minimum absolute atomic E-state index is 0.0277. The summed E-state index contributed by atoms with van der Waals surface area (Å²) in [6, 6.07) is 7.41. The van der Waals surface area contributed by atoms with Crippen LogP contribution >= 0.6 is 0 Å². The van der Waals surface area contributed by atoms with Crippen LogP contribution in [0.15, 0.2) is 53.6 Å². The Morgan fingerprint density at radius 2 is 1.97 bits per heavy atom. The predicted molar refractivity (Wildman–Crippen MR) is 110 cm³/mol. The van der Waals surface area contributed by atoms with Crippen LogP contribution in [0, 0.1) is 0 Å². The fraction of sp³-hybridized carbons (Fsp3) is 0.200. The van der Waals surface area contributed by atoms with Gasteiger partial charge in [-0.3, -0.25) is 4.68 Å². The molecule has 0 spiro atoms. The van der Waals surface area contributed by atoms with Crippen LogP contribution in [0.4, 0.5) is 13.2 Å². The molecule has 0 aliphatic carbocycles. The number of alkyl halides is 3. The third-order valence-corrected chi connectivity index (χ3v) is 4.89. The molecule has 0 N–H and O–H groups in total. The van der Waals surface area contributed by atoms with Gasteiger partial charge in [-0.25, -0.2) is 14.6 Å². The highest BCUT2D eigenvalue weighted by Gasteiger charge is 2.30. The number of halogens is 3. The maximum absolute atomic E-state index is 12.7. The standard InChI is InChI=1S/C20H15F3N10O2/c1-32-16(10-34-17-6-5-12(7-24-17)20(21,22)23)14(8-26-32)19-28-18(29-35-19)15-4-2-3-13(27-15)9-33-11-25-30-31-33/h2-8,11H,9-10H2,1H3. The van der Waals surface area contributed by atoms with Crippen molar-refractivity contribution in [3.05, 3.63) is 66.0 Å². The SMILES string of the molecule is Cn1ncc(-c2nc(-c3cccc(Cn4cnnn4)n3)no2)c1COc1ccc(C(F)(F)F)cn1. The quantitative estimate of drug-likeness (QED) is 0.339. The van der Waals surface area contributed by atoms with E-state index in [0.29, 0.717) is 35.4 Å². The lowest BCUT2D eigenvalue weighted by Gasteiger charge is -2.09. The number of aryl methyl sites for hydroxylation is 1. The van der Waals surface area contributed by atoms with E-state index in [0.717, 1.165) is 12.1 Å². The largest absolute Gasteiger partial charge is 0.471 e. The Bertz CT molecular complexity index is 1430. The molecule has 0 amide bonds. The summed E-state index contributed by atoms with van der Waals surface area (Å²) < 4.78 is 52.2. The minimum atomic E-state index is -4.47. The number of hydrogen-bond donors (Lipinski definition) is 0. The summed E-state index contributed by atoms with van der Waals surface area (Å²) >= 11 is 0. The summed E-state index contributed by atoms with van der Waals surface area (Å²) in [5.74, 6) is 0.471. The number of nitrogens with zero attached hydrogens (tertiary/aromatic N) is 10. The molecule has 0 atom stereocenters. The van der Waals surface area contributed by atoms with E-state index >= 15 is 0 Å². The molecule has 15 heteroatoms. The van der Waals surface area contributed by atoms with Gasteiger partial charge in [0.15, 0.2) is 0 Å². The number of rotatable bonds is 7. The fourth-order valence-corrected chi connectivity index (χ4v) is 3.14. The number of aromatic nitrogens is 10.